The van der Waals surface area contributed by atoms with Crippen molar-refractivity contribution in [2.75, 3.05) is 10.2 Å². The van der Waals surface area contributed by atoms with Gasteiger partial charge in [0.25, 0.3) is 5.91 Å². The molecule has 1 amide bonds. The smallest absolute Gasteiger partial charge is 0.261 e. The maximum absolute atomic E-state index is 13.0. The molecule has 1 N–H and O–H groups in total. The van der Waals surface area contributed by atoms with Crippen molar-refractivity contribution in [3.63, 3.8) is 0 Å². The maximum Gasteiger partial charge on any atom is 0.261 e. The number of hydrogen-bond donors (Lipinski definition) is 1. The Labute approximate surface area is 163 Å². The van der Waals surface area contributed by atoms with E-state index in [0.29, 0.717) is 23.1 Å². The minimum absolute atomic E-state index is 0.0725. The molecule has 5 nitrogen and oxygen atoms in total. The zero-order chi connectivity index (χ0) is 18.8. The van der Waals surface area contributed by atoms with E-state index in [1.54, 1.807) is 12.4 Å². The summed E-state index contributed by atoms with van der Waals surface area (Å²) >= 11 is 5.89. The fraction of sp³-hybridized carbons (Fsp3) is 0.190. The number of halogens is 1. The monoisotopic (exact) mass is 378 g/mol. The van der Waals surface area contributed by atoms with E-state index in [4.69, 9.17) is 11.6 Å². The van der Waals surface area contributed by atoms with E-state index in [1.165, 1.54) is 5.56 Å². The summed E-state index contributed by atoms with van der Waals surface area (Å²) in [5.74, 6) is 0.410. The maximum atomic E-state index is 13.0. The van der Waals surface area contributed by atoms with Gasteiger partial charge in [-0.25, -0.2) is 9.97 Å². The normalized spacial score (nSPS) is 15.5. The Morgan fingerprint density at radius 2 is 1.85 bits per heavy atom. The summed E-state index contributed by atoms with van der Waals surface area (Å²) in [4.78, 5) is 23.4. The molecule has 27 heavy (non-hydrogen) atoms. The zero-order valence-electron chi connectivity index (χ0n) is 14.9. The van der Waals surface area contributed by atoms with Gasteiger partial charge in [0.1, 0.15) is 0 Å². The van der Waals surface area contributed by atoms with Gasteiger partial charge in [-0.1, -0.05) is 41.9 Å². The van der Waals surface area contributed by atoms with Crippen LogP contribution in [0.3, 0.4) is 0 Å². The lowest BCUT2D eigenvalue weighted by atomic mass is 10.1. The highest BCUT2D eigenvalue weighted by molar-refractivity contribution is 6.30. The van der Waals surface area contributed by atoms with Gasteiger partial charge in [0.15, 0.2) is 0 Å². The van der Waals surface area contributed by atoms with Crippen LogP contribution in [0.5, 0.6) is 0 Å². The van der Waals surface area contributed by atoms with E-state index < -0.39 is 0 Å². The molecule has 0 saturated carbocycles. The van der Waals surface area contributed by atoms with Crippen molar-refractivity contribution in [1.29, 1.82) is 0 Å². The lowest BCUT2D eigenvalue weighted by Crippen LogP contribution is -2.35. The van der Waals surface area contributed by atoms with Gasteiger partial charge >= 0.3 is 0 Å². The lowest BCUT2D eigenvalue weighted by molar-refractivity contribution is 0.0981. The number of amides is 1. The number of carbonyl (C=O) groups is 1. The summed E-state index contributed by atoms with van der Waals surface area (Å²) in [6, 6.07) is 15.7. The van der Waals surface area contributed by atoms with Crippen LogP contribution in [0.2, 0.25) is 5.02 Å². The number of nitrogens with zero attached hydrogens (tertiary/aromatic N) is 3. The average Bonchev–Trinajstić information content (AvgIpc) is 3.03. The molecule has 0 saturated heterocycles. The summed E-state index contributed by atoms with van der Waals surface area (Å²) < 4.78 is 0. The van der Waals surface area contributed by atoms with Gasteiger partial charge in [0.2, 0.25) is 5.95 Å². The Bertz CT molecular complexity index is 957. The summed E-state index contributed by atoms with van der Waals surface area (Å²) in [5.41, 5.74) is 3.72. The molecule has 0 spiro atoms. The van der Waals surface area contributed by atoms with Crippen LogP contribution in [0.1, 0.15) is 28.4 Å². The Morgan fingerprint density at radius 3 is 2.59 bits per heavy atom. The van der Waals surface area contributed by atoms with Crippen molar-refractivity contribution in [1.82, 2.24) is 9.97 Å². The van der Waals surface area contributed by atoms with Crippen LogP contribution in [0.4, 0.5) is 11.6 Å². The highest BCUT2D eigenvalue weighted by Gasteiger charge is 2.31. The second-order valence-corrected chi connectivity index (χ2v) is 7.07. The second kappa shape index (κ2) is 7.37. The van der Waals surface area contributed by atoms with E-state index in [1.807, 2.05) is 47.4 Å². The molecule has 4 rings (SSSR count). The largest absolute Gasteiger partial charge is 0.350 e. The van der Waals surface area contributed by atoms with Crippen LogP contribution in [0, 0.1) is 0 Å². The first-order valence-corrected chi connectivity index (χ1v) is 9.21. The number of nitrogens with one attached hydrogen (secondary N) is 1. The van der Waals surface area contributed by atoms with Gasteiger partial charge in [0.05, 0.1) is 5.56 Å². The van der Waals surface area contributed by atoms with Crippen LogP contribution in [-0.2, 0) is 13.0 Å². The molecule has 0 radical (unpaired) electrons. The molecule has 6 heteroatoms. The minimum Gasteiger partial charge on any atom is -0.350 e. The van der Waals surface area contributed by atoms with E-state index >= 15 is 0 Å². The molecule has 1 unspecified atom stereocenters. The first-order chi connectivity index (χ1) is 13.1. The lowest BCUT2D eigenvalue weighted by Gasteiger charge is -2.22. The molecule has 0 fully saturated rings. The van der Waals surface area contributed by atoms with Crippen molar-refractivity contribution in [3.8, 4) is 0 Å². The first kappa shape index (κ1) is 17.5. The van der Waals surface area contributed by atoms with E-state index in [0.717, 1.165) is 17.7 Å². The topological polar surface area (TPSA) is 58.1 Å². The highest BCUT2D eigenvalue weighted by Crippen LogP contribution is 2.32. The second-order valence-electron chi connectivity index (χ2n) is 6.63. The first-order valence-electron chi connectivity index (χ1n) is 8.83. The van der Waals surface area contributed by atoms with Gasteiger partial charge in [-0.05, 0) is 42.7 Å². The van der Waals surface area contributed by atoms with Crippen molar-refractivity contribution < 1.29 is 4.79 Å². The molecule has 1 aliphatic heterocycles. The predicted octanol–water partition coefficient (Wildman–Crippen LogP) is 4.33. The number of carbonyl (C=O) groups excluding carboxylic acids is 1. The number of para-hydroxylation sites is 1. The van der Waals surface area contributed by atoms with E-state index in [9.17, 15) is 4.79 Å². The number of fused-ring (bicyclic) bond motifs is 1. The van der Waals surface area contributed by atoms with E-state index in [2.05, 4.69) is 28.3 Å². The summed E-state index contributed by atoms with van der Waals surface area (Å²) in [6.45, 7) is 2.64. The molecule has 0 bridgehead atoms. The third-order valence-electron chi connectivity index (χ3n) is 4.69. The van der Waals surface area contributed by atoms with Crippen LogP contribution >= 0.6 is 11.6 Å². The molecular formula is C21H19ClN4O. The minimum atomic E-state index is -0.0725. The number of anilines is 2. The van der Waals surface area contributed by atoms with Crippen molar-refractivity contribution in [3.05, 3.63) is 82.6 Å². The van der Waals surface area contributed by atoms with Crippen LogP contribution in [0.25, 0.3) is 0 Å². The molecule has 2 aromatic carbocycles. The van der Waals surface area contributed by atoms with Crippen LogP contribution < -0.4 is 10.2 Å². The number of rotatable bonds is 4. The van der Waals surface area contributed by atoms with Crippen molar-refractivity contribution in [2.24, 2.45) is 0 Å². The Hall–Kier alpha value is -2.92. The van der Waals surface area contributed by atoms with Gasteiger partial charge in [0, 0.05) is 35.7 Å². The fourth-order valence-electron chi connectivity index (χ4n) is 3.33. The van der Waals surface area contributed by atoms with Crippen LogP contribution in [-0.4, -0.2) is 21.9 Å². The number of aromatic nitrogens is 2. The standard InChI is InChI=1S/C21H19ClN4O/c1-14-10-16-4-2-3-5-19(16)26(14)20(27)17-12-24-21(25-13-17)23-11-15-6-8-18(22)9-7-15/h2-9,12-14H,10-11H2,1H3,(H,23,24,25). The third kappa shape index (κ3) is 3.64. The van der Waals surface area contributed by atoms with Gasteiger partial charge < -0.3 is 10.2 Å². The van der Waals surface area contributed by atoms with E-state index in [-0.39, 0.29) is 11.9 Å². The molecule has 0 aliphatic carbocycles. The predicted molar refractivity (Wildman–Crippen MR) is 107 cm³/mol. The average molecular weight is 379 g/mol. The number of hydrogen-bond acceptors (Lipinski definition) is 4. The van der Waals surface area contributed by atoms with Gasteiger partial charge in [-0.2, -0.15) is 0 Å². The SMILES string of the molecule is CC1Cc2ccccc2N1C(=O)c1cnc(NCc2ccc(Cl)cc2)nc1. The summed E-state index contributed by atoms with van der Waals surface area (Å²) in [7, 11) is 0. The quantitative estimate of drug-likeness (QED) is 0.734. The molecular weight excluding hydrogens is 360 g/mol. The van der Waals surface area contributed by atoms with Gasteiger partial charge in [-0.15, -0.1) is 0 Å². The molecule has 1 aliphatic rings. The molecule has 2 heterocycles. The zero-order valence-corrected chi connectivity index (χ0v) is 15.6. The molecule has 1 atom stereocenters. The van der Waals surface area contributed by atoms with Crippen molar-refractivity contribution >= 4 is 29.1 Å². The third-order valence-corrected chi connectivity index (χ3v) is 4.94. The summed E-state index contributed by atoms with van der Waals surface area (Å²) in [5, 5.41) is 3.85. The Balaban J connectivity index is 1.46. The molecule has 136 valence electrons. The highest BCUT2D eigenvalue weighted by atomic mass is 35.5. The van der Waals surface area contributed by atoms with Crippen molar-refractivity contribution in [2.45, 2.75) is 25.9 Å². The van der Waals surface area contributed by atoms with Gasteiger partial charge in [-0.3, -0.25) is 4.79 Å². The Morgan fingerprint density at radius 1 is 1.15 bits per heavy atom. The number of benzene rings is 2. The fourth-order valence-corrected chi connectivity index (χ4v) is 3.45. The Kier molecular flexibility index (Phi) is 4.77. The summed E-state index contributed by atoms with van der Waals surface area (Å²) in [6.07, 6.45) is 4.02. The molecule has 1 aromatic heterocycles. The van der Waals surface area contributed by atoms with Crippen LogP contribution in [0.15, 0.2) is 60.9 Å². The molecule has 3 aromatic rings.